The second kappa shape index (κ2) is 4.94. The van der Waals surface area contributed by atoms with Crippen LogP contribution in [0.4, 0.5) is 0 Å². The van der Waals surface area contributed by atoms with Gasteiger partial charge in [0.1, 0.15) is 5.54 Å². The maximum Gasteiger partial charge on any atom is 0.323 e. The van der Waals surface area contributed by atoms with Crippen molar-refractivity contribution in [2.45, 2.75) is 63.6 Å². The van der Waals surface area contributed by atoms with E-state index in [2.05, 4.69) is 4.90 Å². The lowest BCUT2D eigenvalue weighted by Crippen LogP contribution is -2.63. The molecule has 1 N–H and O–H groups in total. The maximum atomic E-state index is 11.5. The molecule has 1 aliphatic carbocycles. The minimum Gasteiger partial charge on any atom is -0.480 e. The Kier molecular flexibility index (Phi) is 3.73. The average molecular weight is 241 g/mol. The van der Waals surface area contributed by atoms with E-state index in [9.17, 15) is 9.90 Å². The Morgan fingerprint density at radius 1 is 1.47 bits per heavy atom. The summed E-state index contributed by atoms with van der Waals surface area (Å²) >= 11 is 0. The number of morpholine rings is 1. The number of nitrogens with zero attached hydrogens (tertiary/aromatic N) is 1. The molecule has 0 aromatic carbocycles. The van der Waals surface area contributed by atoms with E-state index in [1.54, 1.807) is 0 Å². The van der Waals surface area contributed by atoms with Gasteiger partial charge in [0.05, 0.1) is 12.7 Å². The third-order valence-electron chi connectivity index (χ3n) is 4.52. The Morgan fingerprint density at radius 3 is 2.82 bits per heavy atom. The number of rotatable bonds is 3. The van der Waals surface area contributed by atoms with Gasteiger partial charge >= 0.3 is 5.97 Å². The quantitative estimate of drug-likeness (QED) is 0.819. The summed E-state index contributed by atoms with van der Waals surface area (Å²) in [7, 11) is 0. The Morgan fingerprint density at radius 2 is 2.18 bits per heavy atom. The highest BCUT2D eigenvalue weighted by molar-refractivity contribution is 5.78. The smallest absolute Gasteiger partial charge is 0.323 e. The molecule has 0 aromatic heterocycles. The van der Waals surface area contributed by atoms with E-state index < -0.39 is 11.5 Å². The zero-order valence-corrected chi connectivity index (χ0v) is 10.8. The molecule has 1 heterocycles. The summed E-state index contributed by atoms with van der Waals surface area (Å²) < 4.78 is 5.80. The molecule has 3 atom stereocenters. The fourth-order valence-corrected chi connectivity index (χ4v) is 3.19. The van der Waals surface area contributed by atoms with Crippen LogP contribution in [0.1, 0.15) is 46.0 Å². The summed E-state index contributed by atoms with van der Waals surface area (Å²) in [5.74, 6) is -0.703. The zero-order valence-electron chi connectivity index (χ0n) is 10.8. The van der Waals surface area contributed by atoms with E-state index >= 15 is 0 Å². The normalized spacial score (nSPS) is 33.8. The lowest BCUT2D eigenvalue weighted by atomic mass is 9.85. The molecule has 0 radical (unpaired) electrons. The van der Waals surface area contributed by atoms with Gasteiger partial charge in [-0.25, -0.2) is 0 Å². The highest BCUT2D eigenvalue weighted by Gasteiger charge is 2.46. The van der Waals surface area contributed by atoms with Gasteiger partial charge in [-0.15, -0.1) is 0 Å². The van der Waals surface area contributed by atoms with Crippen molar-refractivity contribution in [2.75, 3.05) is 13.2 Å². The van der Waals surface area contributed by atoms with Crippen molar-refractivity contribution in [1.82, 2.24) is 4.90 Å². The van der Waals surface area contributed by atoms with E-state index in [0.717, 1.165) is 19.4 Å². The maximum absolute atomic E-state index is 11.5. The second-order valence-corrected chi connectivity index (χ2v) is 5.39. The molecule has 2 fully saturated rings. The number of aliphatic carboxylic acids is 1. The first-order valence-corrected chi connectivity index (χ1v) is 6.71. The molecular weight excluding hydrogens is 218 g/mol. The summed E-state index contributed by atoms with van der Waals surface area (Å²) in [6.07, 6.45) is 5.47. The van der Waals surface area contributed by atoms with Crippen molar-refractivity contribution in [1.29, 1.82) is 0 Å². The molecule has 2 aliphatic rings. The number of carboxylic acids is 1. The average Bonchev–Trinajstić information content (AvgIpc) is 2.37. The van der Waals surface area contributed by atoms with Crippen LogP contribution in [0.5, 0.6) is 0 Å². The largest absolute Gasteiger partial charge is 0.480 e. The molecule has 98 valence electrons. The summed E-state index contributed by atoms with van der Waals surface area (Å²) in [5, 5.41) is 9.49. The molecule has 3 unspecified atom stereocenters. The van der Waals surface area contributed by atoms with Crippen LogP contribution in [-0.2, 0) is 9.53 Å². The number of hydrogen-bond acceptors (Lipinski definition) is 3. The molecule has 2 rings (SSSR count). The van der Waals surface area contributed by atoms with Crippen LogP contribution in [-0.4, -0.2) is 46.8 Å². The third-order valence-corrected chi connectivity index (χ3v) is 4.52. The zero-order chi connectivity index (χ0) is 12.5. The van der Waals surface area contributed by atoms with Crippen molar-refractivity contribution in [2.24, 2.45) is 0 Å². The molecule has 1 saturated heterocycles. The van der Waals surface area contributed by atoms with Gasteiger partial charge in [0.15, 0.2) is 0 Å². The van der Waals surface area contributed by atoms with Crippen LogP contribution >= 0.6 is 0 Å². The van der Waals surface area contributed by atoms with Crippen LogP contribution in [0.2, 0.25) is 0 Å². The standard InChI is InChI=1S/C13H23NO3/c1-3-13(2,12(15)16)14-8-9-17-11-7-5-4-6-10(11)14/h10-11H,3-9H2,1-2H3,(H,15,16). The fourth-order valence-electron chi connectivity index (χ4n) is 3.19. The Bertz CT molecular complexity index is 292. The molecular formula is C13H23NO3. The lowest BCUT2D eigenvalue weighted by molar-refractivity contribution is -0.167. The molecule has 0 amide bonds. The minimum atomic E-state index is -0.732. The van der Waals surface area contributed by atoms with Gasteiger partial charge in [0.25, 0.3) is 0 Å². The number of ether oxygens (including phenoxy) is 1. The predicted molar refractivity (Wildman–Crippen MR) is 65.0 cm³/mol. The minimum absolute atomic E-state index is 0.253. The van der Waals surface area contributed by atoms with Crippen LogP contribution in [0, 0.1) is 0 Å². The highest BCUT2D eigenvalue weighted by atomic mass is 16.5. The van der Waals surface area contributed by atoms with Crippen LogP contribution < -0.4 is 0 Å². The molecule has 1 aliphatic heterocycles. The van der Waals surface area contributed by atoms with Crippen molar-refractivity contribution in [3.05, 3.63) is 0 Å². The molecule has 0 spiro atoms. The molecule has 4 heteroatoms. The SMILES string of the molecule is CCC(C)(C(=O)O)N1CCOC2CCCCC21. The van der Waals surface area contributed by atoms with Crippen LogP contribution in [0.25, 0.3) is 0 Å². The molecule has 0 aromatic rings. The van der Waals surface area contributed by atoms with Gasteiger partial charge in [-0.3, -0.25) is 9.69 Å². The summed E-state index contributed by atoms with van der Waals surface area (Å²) in [4.78, 5) is 13.7. The summed E-state index contributed by atoms with van der Waals surface area (Å²) in [6.45, 7) is 5.23. The molecule has 17 heavy (non-hydrogen) atoms. The number of carboxylic acid groups (broad SMARTS) is 1. The van der Waals surface area contributed by atoms with Crippen molar-refractivity contribution < 1.29 is 14.6 Å². The Labute approximate surface area is 103 Å². The fraction of sp³-hybridized carbons (Fsp3) is 0.923. The molecule has 4 nitrogen and oxygen atoms in total. The number of fused-ring (bicyclic) bond motifs is 1. The van der Waals surface area contributed by atoms with Gasteiger partial charge in [-0.2, -0.15) is 0 Å². The van der Waals surface area contributed by atoms with Crippen molar-refractivity contribution >= 4 is 5.97 Å². The third kappa shape index (κ3) is 2.20. The van der Waals surface area contributed by atoms with Gasteiger partial charge < -0.3 is 9.84 Å². The first-order valence-electron chi connectivity index (χ1n) is 6.71. The van der Waals surface area contributed by atoms with E-state index in [1.807, 2.05) is 13.8 Å². The number of hydrogen-bond donors (Lipinski definition) is 1. The predicted octanol–water partition coefficient (Wildman–Crippen LogP) is 1.88. The first-order chi connectivity index (χ1) is 8.09. The first kappa shape index (κ1) is 12.8. The summed E-state index contributed by atoms with van der Waals surface area (Å²) in [5.41, 5.74) is -0.732. The van der Waals surface area contributed by atoms with E-state index in [1.165, 1.54) is 12.8 Å². The Hall–Kier alpha value is -0.610. The van der Waals surface area contributed by atoms with Crippen molar-refractivity contribution in [3.8, 4) is 0 Å². The monoisotopic (exact) mass is 241 g/mol. The van der Waals surface area contributed by atoms with Gasteiger partial charge in [-0.1, -0.05) is 19.8 Å². The van der Waals surface area contributed by atoms with Crippen LogP contribution in [0.15, 0.2) is 0 Å². The van der Waals surface area contributed by atoms with Gasteiger partial charge in [0, 0.05) is 12.6 Å². The van der Waals surface area contributed by atoms with Crippen molar-refractivity contribution in [3.63, 3.8) is 0 Å². The van der Waals surface area contributed by atoms with E-state index in [4.69, 9.17) is 4.74 Å². The topological polar surface area (TPSA) is 49.8 Å². The van der Waals surface area contributed by atoms with Gasteiger partial charge in [0.2, 0.25) is 0 Å². The Balaban J connectivity index is 2.20. The van der Waals surface area contributed by atoms with E-state index in [0.29, 0.717) is 19.1 Å². The lowest BCUT2D eigenvalue weighted by Gasteiger charge is -2.50. The molecule has 0 bridgehead atoms. The summed E-state index contributed by atoms with van der Waals surface area (Å²) in [6, 6.07) is 0.304. The number of carbonyl (C=O) groups is 1. The van der Waals surface area contributed by atoms with Crippen LogP contribution in [0.3, 0.4) is 0 Å². The highest BCUT2D eigenvalue weighted by Crippen LogP contribution is 2.34. The molecule has 1 saturated carbocycles. The van der Waals surface area contributed by atoms with Gasteiger partial charge in [-0.05, 0) is 26.2 Å². The second-order valence-electron chi connectivity index (χ2n) is 5.39. The van der Waals surface area contributed by atoms with E-state index in [-0.39, 0.29) is 6.10 Å².